The molecule has 1 unspecified atom stereocenters. The Kier molecular flexibility index (Phi) is 9.78. The minimum absolute atomic E-state index is 0.102. The van der Waals surface area contributed by atoms with E-state index in [1.54, 1.807) is 58.9 Å². The molecule has 0 fully saturated rings. The second kappa shape index (κ2) is 11.8. The quantitative estimate of drug-likeness (QED) is 0.493. The Morgan fingerprint density at radius 2 is 1.61 bits per heavy atom. The summed E-state index contributed by atoms with van der Waals surface area (Å²) < 4.78 is 10.1. The Morgan fingerprint density at radius 1 is 1.00 bits per heavy atom. The van der Waals surface area contributed by atoms with E-state index in [-0.39, 0.29) is 19.1 Å². The summed E-state index contributed by atoms with van der Waals surface area (Å²) in [6.45, 7) is 8.56. The van der Waals surface area contributed by atoms with Gasteiger partial charge in [-0.05, 0) is 44.4 Å². The van der Waals surface area contributed by atoms with Crippen molar-refractivity contribution in [3.8, 4) is 0 Å². The Bertz CT molecular complexity index is 771. The van der Waals surface area contributed by atoms with Crippen LogP contribution in [0.5, 0.6) is 0 Å². The third kappa shape index (κ3) is 10.3. The summed E-state index contributed by atoms with van der Waals surface area (Å²) in [6, 6.07) is 5.88. The second-order valence-electron chi connectivity index (χ2n) is 8.16. The van der Waals surface area contributed by atoms with E-state index >= 15 is 0 Å². The van der Waals surface area contributed by atoms with Crippen molar-refractivity contribution in [1.29, 1.82) is 0 Å². The Hall–Kier alpha value is -3.30. The lowest BCUT2D eigenvalue weighted by atomic mass is 10.0. The molecule has 4 N–H and O–H groups in total. The molecule has 0 radical (unpaired) electrons. The fourth-order valence-electron chi connectivity index (χ4n) is 2.36. The van der Waals surface area contributed by atoms with Gasteiger partial charge in [0.05, 0.1) is 6.54 Å². The number of carbonyl (C=O) groups is 4. The van der Waals surface area contributed by atoms with E-state index < -0.39 is 35.6 Å². The standard InChI is InChI=1S/C21H32N4O6/c1-13(2)17(25-20(29)31-21(3,4)5)18(27)23-11-16(26)24-15-9-7-14(8-10-15)12-30-19(28)22-6/h7-10,13,17H,11-12H2,1-6H3,(H,22,28)(H,23,27)(H,24,26)(H,25,29). The molecule has 4 amide bonds. The molecule has 0 spiro atoms. The van der Waals surface area contributed by atoms with E-state index in [9.17, 15) is 19.2 Å². The van der Waals surface area contributed by atoms with Crippen molar-refractivity contribution >= 4 is 29.7 Å². The number of alkyl carbamates (subject to hydrolysis) is 2. The maximum absolute atomic E-state index is 12.4. The van der Waals surface area contributed by atoms with Gasteiger partial charge >= 0.3 is 12.2 Å². The zero-order chi connectivity index (χ0) is 23.6. The molecule has 1 atom stereocenters. The summed E-state index contributed by atoms with van der Waals surface area (Å²) in [5.74, 6) is -1.12. The van der Waals surface area contributed by atoms with Gasteiger partial charge in [-0.2, -0.15) is 0 Å². The SMILES string of the molecule is CNC(=O)OCc1ccc(NC(=O)CNC(=O)C(NC(=O)OC(C)(C)C)C(C)C)cc1. The first-order chi connectivity index (χ1) is 14.4. The minimum atomic E-state index is -0.845. The van der Waals surface area contributed by atoms with Crippen molar-refractivity contribution < 1.29 is 28.7 Å². The number of nitrogens with one attached hydrogen (secondary N) is 4. The Morgan fingerprint density at radius 3 is 2.13 bits per heavy atom. The molecule has 0 saturated carbocycles. The molecule has 10 nitrogen and oxygen atoms in total. The van der Waals surface area contributed by atoms with Crippen molar-refractivity contribution in [2.75, 3.05) is 18.9 Å². The topological polar surface area (TPSA) is 135 Å². The van der Waals surface area contributed by atoms with E-state index in [1.807, 2.05) is 0 Å². The van der Waals surface area contributed by atoms with Crippen molar-refractivity contribution in [1.82, 2.24) is 16.0 Å². The molecule has 0 heterocycles. The molecule has 10 heteroatoms. The first-order valence-corrected chi connectivity index (χ1v) is 9.91. The summed E-state index contributed by atoms with van der Waals surface area (Å²) in [6.07, 6.45) is -1.24. The highest BCUT2D eigenvalue weighted by Gasteiger charge is 2.27. The fourth-order valence-corrected chi connectivity index (χ4v) is 2.36. The maximum atomic E-state index is 12.4. The summed E-state index contributed by atoms with van der Waals surface area (Å²) in [5.41, 5.74) is 0.588. The van der Waals surface area contributed by atoms with Crippen molar-refractivity contribution in [2.45, 2.75) is 52.9 Å². The van der Waals surface area contributed by atoms with Gasteiger partial charge in [0.15, 0.2) is 0 Å². The van der Waals surface area contributed by atoms with Gasteiger partial charge in [-0.1, -0.05) is 26.0 Å². The highest BCUT2D eigenvalue weighted by molar-refractivity contribution is 5.95. The molecule has 0 aliphatic carbocycles. The number of hydrogen-bond acceptors (Lipinski definition) is 6. The Balaban J connectivity index is 2.53. The molecule has 172 valence electrons. The Labute approximate surface area is 182 Å². The van der Waals surface area contributed by atoms with Gasteiger partial charge in [-0.15, -0.1) is 0 Å². The first-order valence-electron chi connectivity index (χ1n) is 9.91. The molecular formula is C21H32N4O6. The monoisotopic (exact) mass is 436 g/mol. The van der Waals surface area contributed by atoms with Crippen LogP contribution < -0.4 is 21.3 Å². The van der Waals surface area contributed by atoms with Gasteiger partial charge in [0.1, 0.15) is 18.2 Å². The zero-order valence-electron chi connectivity index (χ0n) is 18.8. The summed E-state index contributed by atoms with van der Waals surface area (Å²) in [7, 11) is 1.47. The average molecular weight is 437 g/mol. The number of rotatable bonds is 8. The third-order valence-corrected chi connectivity index (χ3v) is 3.86. The molecule has 0 aromatic heterocycles. The third-order valence-electron chi connectivity index (χ3n) is 3.86. The summed E-state index contributed by atoms with van der Waals surface area (Å²) in [4.78, 5) is 47.6. The van der Waals surface area contributed by atoms with Gasteiger partial charge in [0.25, 0.3) is 0 Å². The molecule has 31 heavy (non-hydrogen) atoms. The van der Waals surface area contributed by atoms with Crippen LogP contribution in [-0.2, 0) is 25.7 Å². The van der Waals surface area contributed by atoms with E-state index in [4.69, 9.17) is 9.47 Å². The van der Waals surface area contributed by atoms with E-state index in [0.717, 1.165) is 5.56 Å². The highest BCUT2D eigenvalue weighted by atomic mass is 16.6. The van der Waals surface area contributed by atoms with Crippen LogP contribution in [0.15, 0.2) is 24.3 Å². The van der Waals surface area contributed by atoms with Crippen LogP contribution in [-0.4, -0.2) is 49.2 Å². The van der Waals surface area contributed by atoms with Crippen LogP contribution in [0.2, 0.25) is 0 Å². The predicted octanol–water partition coefficient (Wildman–Crippen LogP) is 2.15. The lowest BCUT2D eigenvalue weighted by molar-refractivity contribution is -0.126. The van der Waals surface area contributed by atoms with Gasteiger partial charge in [-0.25, -0.2) is 9.59 Å². The second-order valence-corrected chi connectivity index (χ2v) is 8.16. The molecule has 1 aromatic carbocycles. The number of anilines is 1. The van der Waals surface area contributed by atoms with E-state index in [1.165, 1.54) is 7.05 Å². The molecule has 0 saturated heterocycles. The van der Waals surface area contributed by atoms with E-state index in [2.05, 4.69) is 21.3 Å². The average Bonchev–Trinajstić information content (AvgIpc) is 2.67. The van der Waals surface area contributed by atoms with Gasteiger partial charge in [-0.3, -0.25) is 9.59 Å². The van der Waals surface area contributed by atoms with E-state index in [0.29, 0.717) is 5.69 Å². The van der Waals surface area contributed by atoms with Crippen molar-refractivity contribution in [3.63, 3.8) is 0 Å². The highest BCUT2D eigenvalue weighted by Crippen LogP contribution is 2.11. The smallest absolute Gasteiger partial charge is 0.408 e. The first kappa shape index (κ1) is 25.7. The van der Waals surface area contributed by atoms with Crippen LogP contribution in [0.3, 0.4) is 0 Å². The molecule has 1 rings (SSSR count). The number of ether oxygens (including phenoxy) is 2. The lowest BCUT2D eigenvalue weighted by Gasteiger charge is -2.25. The number of amides is 4. The molecule has 0 aliphatic rings. The predicted molar refractivity (Wildman–Crippen MR) is 115 cm³/mol. The van der Waals surface area contributed by atoms with Crippen molar-refractivity contribution in [2.24, 2.45) is 5.92 Å². The van der Waals surface area contributed by atoms with Gasteiger partial charge in [0.2, 0.25) is 11.8 Å². The minimum Gasteiger partial charge on any atom is -0.445 e. The largest absolute Gasteiger partial charge is 0.445 e. The van der Waals surface area contributed by atoms with Gasteiger partial charge in [0, 0.05) is 12.7 Å². The lowest BCUT2D eigenvalue weighted by Crippen LogP contribution is -2.52. The summed E-state index contributed by atoms with van der Waals surface area (Å²) in [5, 5.41) is 10.1. The maximum Gasteiger partial charge on any atom is 0.408 e. The molecule has 0 aliphatic heterocycles. The van der Waals surface area contributed by atoms with Crippen LogP contribution in [0.4, 0.5) is 15.3 Å². The van der Waals surface area contributed by atoms with Crippen LogP contribution >= 0.6 is 0 Å². The number of hydrogen-bond donors (Lipinski definition) is 4. The number of benzene rings is 1. The summed E-state index contributed by atoms with van der Waals surface area (Å²) >= 11 is 0. The fraction of sp³-hybridized carbons (Fsp3) is 0.524. The number of carbonyl (C=O) groups excluding carboxylic acids is 4. The van der Waals surface area contributed by atoms with Crippen molar-refractivity contribution in [3.05, 3.63) is 29.8 Å². The molecule has 0 bridgehead atoms. The zero-order valence-corrected chi connectivity index (χ0v) is 18.8. The van der Waals surface area contributed by atoms with Crippen LogP contribution in [0.25, 0.3) is 0 Å². The van der Waals surface area contributed by atoms with Crippen LogP contribution in [0, 0.1) is 5.92 Å². The van der Waals surface area contributed by atoms with Crippen LogP contribution in [0.1, 0.15) is 40.2 Å². The molecule has 1 aromatic rings. The molecular weight excluding hydrogens is 404 g/mol. The van der Waals surface area contributed by atoms with Gasteiger partial charge < -0.3 is 30.7 Å². The normalized spacial score (nSPS) is 11.8.